The number of anilines is 2. The summed E-state index contributed by atoms with van der Waals surface area (Å²) >= 11 is 12.6. The Hall–Kier alpha value is -3.00. The van der Waals surface area contributed by atoms with Crippen LogP contribution in [0.4, 0.5) is 16.2 Å². The van der Waals surface area contributed by atoms with Gasteiger partial charge in [-0.1, -0.05) is 23.2 Å². The fourth-order valence-corrected chi connectivity index (χ4v) is 8.79. The number of carbonyl (C=O) groups excluding carboxylic acids is 3. The molecule has 4 saturated heterocycles. The molecule has 12 nitrogen and oxygen atoms in total. The molecular formula is C43H67Cl3N8O4. The zero-order chi connectivity index (χ0) is 41.3. The first kappa shape index (κ1) is 47.7. The normalized spacial score (nSPS) is 21.2. The molecule has 0 aliphatic carbocycles. The number of nitrogens with zero attached hydrogens (tertiary/aromatic N) is 5. The molecule has 3 N–H and O–H groups in total. The highest BCUT2D eigenvalue weighted by Crippen LogP contribution is 2.28. The lowest BCUT2D eigenvalue weighted by Gasteiger charge is -2.42. The monoisotopic (exact) mass is 864 g/mol. The summed E-state index contributed by atoms with van der Waals surface area (Å²) in [6.45, 7) is 13.8. The van der Waals surface area contributed by atoms with Gasteiger partial charge in [0.2, 0.25) is 0 Å². The van der Waals surface area contributed by atoms with Gasteiger partial charge in [-0.25, -0.2) is 4.79 Å². The maximum atomic E-state index is 12.4. The van der Waals surface area contributed by atoms with E-state index in [0.29, 0.717) is 39.3 Å². The van der Waals surface area contributed by atoms with Gasteiger partial charge in [0.1, 0.15) is 5.60 Å². The van der Waals surface area contributed by atoms with Crippen molar-refractivity contribution in [3.8, 4) is 0 Å². The van der Waals surface area contributed by atoms with Gasteiger partial charge in [0.15, 0.2) is 0 Å². The third kappa shape index (κ3) is 13.8. The number of carbonyl (C=O) groups is 3. The molecule has 3 amide bonds. The number of nitrogens with one attached hydrogen (secondary N) is 3. The number of hydrogen-bond acceptors (Lipinski definition) is 9. The molecule has 0 radical (unpaired) electrons. The topological polar surface area (TPSA) is 113 Å². The average Bonchev–Trinajstić information content (AvgIpc) is 3.18. The van der Waals surface area contributed by atoms with Gasteiger partial charge in [-0.3, -0.25) is 19.4 Å². The summed E-state index contributed by atoms with van der Waals surface area (Å²) in [6.07, 6.45) is 8.85. The van der Waals surface area contributed by atoms with Crippen LogP contribution >= 0.6 is 35.6 Å². The van der Waals surface area contributed by atoms with Crippen molar-refractivity contribution >= 4 is 64.9 Å². The van der Waals surface area contributed by atoms with Crippen LogP contribution < -0.4 is 16.0 Å². The Labute approximate surface area is 363 Å². The van der Waals surface area contributed by atoms with E-state index in [4.69, 9.17) is 27.9 Å². The molecule has 0 bridgehead atoms. The summed E-state index contributed by atoms with van der Waals surface area (Å²) in [5, 5.41) is 11.7. The Balaban J connectivity index is 0.000000259. The average molecular weight is 866 g/mol. The fourth-order valence-electron chi connectivity index (χ4n) is 8.33. The Morgan fingerprint density at radius 2 is 1.19 bits per heavy atom. The molecule has 0 saturated carbocycles. The lowest BCUT2D eigenvalue weighted by molar-refractivity contribution is 0.0127. The molecule has 0 unspecified atom stereocenters. The number of amides is 3. The van der Waals surface area contributed by atoms with Gasteiger partial charge < -0.3 is 35.4 Å². The zero-order valence-electron chi connectivity index (χ0n) is 35.6. The molecule has 324 valence electrons. The quantitative estimate of drug-likeness (QED) is 0.250. The molecule has 0 aromatic heterocycles. The maximum absolute atomic E-state index is 12.4. The number of hydrogen-bond donors (Lipinski definition) is 3. The second-order valence-electron chi connectivity index (χ2n) is 17.4. The maximum Gasteiger partial charge on any atom is 0.410 e. The van der Waals surface area contributed by atoms with Gasteiger partial charge in [0.25, 0.3) is 11.8 Å². The Kier molecular flexibility index (Phi) is 18.1. The second-order valence-corrected chi connectivity index (χ2v) is 18.2. The molecular weight excluding hydrogens is 799 g/mol. The van der Waals surface area contributed by atoms with Crippen LogP contribution in [-0.4, -0.2) is 153 Å². The van der Waals surface area contributed by atoms with Crippen LogP contribution in [0.25, 0.3) is 0 Å². The van der Waals surface area contributed by atoms with E-state index in [1.807, 2.05) is 56.0 Å². The largest absolute Gasteiger partial charge is 0.444 e. The first-order valence-electron chi connectivity index (χ1n) is 20.8. The minimum atomic E-state index is -0.460. The van der Waals surface area contributed by atoms with Gasteiger partial charge in [-0.2, -0.15) is 0 Å². The van der Waals surface area contributed by atoms with Crippen molar-refractivity contribution in [2.75, 3.05) is 91.2 Å². The third-order valence-electron chi connectivity index (χ3n) is 11.3. The van der Waals surface area contributed by atoms with Crippen LogP contribution in [0.2, 0.25) is 10.0 Å². The number of piperidine rings is 4. The fraction of sp³-hybridized carbons (Fsp3) is 0.651. The SMILES string of the molecule is CN(C)C(=O)c1cc(N[C@@H]2CCCN(C3CCN(C(=O)OC(C)(C)C)CC3)C2)ccc1Cl.CN(C)C(=O)c1ccc(N[C@@H]2CCCN(C3CCNCC3)C2)cc1Cl.Cl. The van der Waals surface area contributed by atoms with Crippen molar-refractivity contribution in [1.29, 1.82) is 0 Å². The van der Waals surface area contributed by atoms with Crippen LogP contribution in [0.1, 0.15) is 92.9 Å². The molecule has 4 heterocycles. The summed E-state index contributed by atoms with van der Waals surface area (Å²) in [5.41, 5.74) is 2.53. The molecule has 4 aliphatic heterocycles. The van der Waals surface area contributed by atoms with E-state index in [2.05, 4.69) is 25.8 Å². The molecule has 15 heteroatoms. The van der Waals surface area contributed by atoms with E-state index in [-0.39, 0.29) is 30.3 Å². The van der Waals surface area contributed by atoms with E-state index in [1.54, 1.807) is 39.2 Å². The second kappa shape index (κ2) is 22.0. The summed E-state index contributed by atoms with van der Waals surface area (Å²) in [4.78, 5) is 46.9. The number of likely N-dealkylation sites (tertiary alicyclic amines) is 3. The predicted molar refractivity (Wildman–Crippen MR) is 239 cm³/mol. The lowest BCUT2D eigenvalue weighted by atomic mass is 9.98. The smallest absolute Gasteiger partial charge is 0.410 e. The molecule has 2 aromatic carbocycles. The first-order chi connectivity index (χ1) is 27.1. The lowest BCUT2D eigenvalue weighted by Crippen LogP contribution is -2.52. The summed E-state index contributed by atoms with van der Waals surface area (Å²) in [5.74, 6) is -0.160. The highest BCUT2D eigenvalue weighted by atomic mass is 35.5. The number of benzene rings is 2. The van der Waals surface area contributed by atoms with Crippen molar-refractivity contribution in [3.63, 3.8) is 0 Å². The standard InChI is InChI=1S/C24H37ClN4O3.C19H29ClN4O.ClH/c1-24(2,3)32-23(31)28-13-10-19(11-14-28)29-12-6-7-18(16-29)26-17-8-9-21(25)20(15-17)22(30)27(4)5;1-23(2)19(25)17-6-5-14(12-18(17)20)22-15-4-3-11-24(13-15)16-7-9-21-10-8-16;/h8-9,15,18-19,26H,6-7,10-14,16H2,1-5H3;5-6,12,15-16,21-22H,3-4,7-11,13H2,1-2H3;1H/t18-;15-;/m11./s1. The molecule has 58 heavy (non-hydrogen) atoms. The highest BCUT2D eigenvalue weighted by molar-refractivity contribution is 6.34. The van der Waals surface area contributed by atoms with Crippen molar-refractivity contribution < 1.29 is 19.1 Å². The predicted octanol–water partition coefficient (Wildman–Crippen LogP) is 7.41. The van der Waals surface area contributed by atoms with Crippen molar-refractivity contribution in [1.82, 2.24) is 29.8 Å². The van der Waals surface area contributed by atoms with Crippen molar-refractivity contribution in [3.05, 3.63) is 57.6 Å². The zero-order valence-corrected chi connectivity index (χ0v) is 37.9. The highest BCUT2D eigenvalue weighted by Gasteiger charge is 2.32. The van der Waals surface area contributed by atoms with Crippen LogP contribution in [0, 0.1) is 0 Å². The van der Waals surface area contributed by atoms with Crippen LogP contribution in [0.5, 0.6) is 0 Å². The Bertz CT molecular complexity index is 1660. The van der Waals surface area contributed by atoms with Gasteiger partial charge in [-0.15, -0.1) is 12.4 Å². The van der Waals surface area contributed by atoms with Crippen LogP contribution in [0.15, 0.2) is 36.4 Å². The molecule has 2 aromatic rings. The summed E-state index contributed by atoms with van der Waals surface area (Å²) in [6, 6.07) is 13.2. The molecule has 4 aliphatic rings. The number of ether oxygens (including phenoxy) is 1. The van der Waals surface area contributed by atoms with E-state index in [0.717, 1.165) is 88.9 Å². The van der Waals surface area contributed by atoms with Gasteiger partial charge in [0.05, 0.1) is 21.2 Å². The van der Waals surface area contributed by atoms with E-state index in [1.165, 1.54) is 37.1 Å². The molecule has 2 atom stereocenters. The minimum Gasteiger partial charge on any atom is -0.444 e. The third-order valence-corrected chi connectivity index (χ3v) is 12.0. The van der Waals surface area contributed by atoms with Crippen molar-refractivity contribution in [2.24, 2.45) is 0 Å². The van der Waals surface area contributed by atoms with E-state index < -0.39 is 5.60 Å². The number of halogens is 3. The van der Waals surface area contributed by atoms with Gasteiger partial charge in [0, 0.05) is 89.9 Å². The van der Waals surface area contributed by atoms with Crippen molar-refractivity contribution in [2.45, 2.75) is 102 Å². The summed E-state index contributed by atoms with van der Waals surface area (Å²) in [7, 11) is 6.93. The Morgan fingerprint density at radius 1 is 0.690 bits per heavy atom. The van der Waals surface area contributed by atoms with E-state index in [9.17, 15) is 14.4 Å². The summed E-state index contributed by atoms with van der Waals surface area (Å²) < 4.78 is 5.52. The Morgan fingerprint density at radius 3 is 1.71 bits per heavy atom. The number of rotatable bonds is 8. The van der Waals surface area contributed by atoms with Gasteiger partial charge in [-0.05, 0) is 135 Å². The van der Waals surface area contributed by atoms with Crippen LogP contribution in [-0.2, 0) is 4.74 Å². The van der Waals surface area contributed by atoms with E-state index >= 15 is 0 Å². The molecule has 4 fully saturated rings. The van der Waals surface area contributed by atoms with Crippen LogP contribution in [0.3, 0.4) is 0 Å². The first-order valence-corrected chi connectivity index (χ1v) is 21.6. The molecule has 6 rings (SSSR count). The van der Waals surface area contributed by atoms with Gasteiger partial charge >= 0.3 is 6.09 Å². The minimum absolute atomic E-state index is 0. The molecule has 0 spiro atoms.